The summed E-state index contributed by atoms with van der Waals surface area (Å²) in [6.07, 6.45) is 10.0. The highest BCUT2D eigenvalue weighted by Crippen LogP contribution is 2.32. The lowest BCUT2D eigenvalue weighted by atomic mass is 9.90. The van der Waals surface area contributed by atoms with Crippen molar-refractivity contribution in [2.75, 3.05) is 28.9 Å². The van der Waals surface area contributed by atoms with Crippen molar-refractivity contribution in [2.45, 2.75) is 89.6 Å². The van der Waals surface area contributed by atoms with Gasteiger partial charge >= 0.3 is 0 Å². The molecular weight excluding hydrogens is 546 g/mol. The number of alkyl halides is 2. The third-order valence-corrected chi connectivity index (χ3v) is 9.45. The average molecular weight is 587 g/mol. The number of benzene rings is 1. The van der Waals surface area contributed by atoms with Gasteiger partial charge in [0.25, 0.3) is 0 Å². The highest BCUT2D eigenvalue weighted by Gasteiger charge is 2.28. The topological polar surface area (TPSA) is 100 Å². The zero-order valence-corrected chi connectivity index (χ0v) is 24.9. The molecule has 0 unspecified atom stereocenters. The average Bonchev–Trinajstić information content (AvgIpc) is 3.47. The van der Waals surface area contributed by atoms with E-state index in [1.165, 1.54) is 44.8 Å². The van der Waals surface area contributed by atoms with Gasteiger partial charge in [-0.1, -0.05) is 13.8 Å². The summed E-state index contributed by atoms with van der Waals surface area (Å²) in [4.78, 5) is 16.5. The first-order chi connectivity index (χ1) is 19.5. The Hall–Kier alpha value is -2.92. The highest BCUT2D eigenvalue weighted by atomic mass is 32.2. The van der Waals surface area contributed by atoms with Crippen LogP contribution in [0.5, 0.6) is 0 Å². The summed E-state index contributed by atoms with van der Waals surface area (Å²) in [6.45, 7) is 7.46. The van der Waals surface area contributed by atoms with Gasteiger partial charge in [-0.15, -0.1) is 0 Å². The van der Waals surface area contributed by atoms with Crippen LogP contribution in [0.15, 0.2) is 36.7 Å². The maximum absolute atomic E-state index is 13.1. The smallest absolute Gasteiger partial charge is 0.246 e. The predicted octanol–water partition coefficient (Wildman–Crippen LogP) is 6.42. The van der Waals surface area contributed by atoms with Crippen LogP contribution >= 0.6 is 0 Å². The molecule has 1 aromatic carbocycles. The zero-order valence-electron chi connectivity index (χ0n) is 24.0. The second-order valence-electron chi connectivity index (χ2n) is 11.9. The van der Waals surface area contributed by atoms with Crippen LogP contribution in [-0.2, 0) is 10.0 Å². The molecule has 1 aliphatic carbocycles. The van der Waals surface area contributed by atoms with Crippen LogP contribution in [0.4, 0.5) is 20.5 Å². The molecule has 3 heterocycles. The minimum atomic E-state index is -3.93. The number of fused-ring (bicyclic) bond motifs is 1. The van der Waals surface area contributed by atoms with E-state index in [4.69, 9.17) is 4.98 Å². The Morgan fingerprint density at radius 2 is 1.76 bits per heavy atom. The molecule has 5 rings (SSSR count). The SMILES string of the molecule is CC(C)c1cc(-c2ccc(NS(=O)(=O)CCC(C)(F)F)nc2)cc2cnc(NC3CCC(N4CCCC4)CC3)nc12. The van der Waals surface area contributed by atoms with Gasteiger partial charge in [0.2, 0.25) is 21.9 Å². The number of sulfonamides is 1. The van der Waals surface area contributed by atoms with E-state index in [-0.39, 0.29) is 11.7 Å². The molecular formula is C30H40F2N6O2S. The molecule has 8 nitrogen and oxygen atoms in total. The Bertz CT molecular complexity index is 1450. The second kappa shape index (κ2) is 12.1. The third kappa shape index (κ3) is 7.68. The fourth-order valence-corrected chi connectivity index (χ4v) is 7.04. The summed E-state index contributed by atoms with van der Waals surface area (Å²) in [5.74, 6) is -2.77. The van der Waals surface area contributed by atoms with Gasteiger partial charge in [0.15, 0.2) is 0 Å². The molecule has 2 fully saturated rings. The van der Waals surface area contributed by atoms with Gasteiger partial charge in [-0.2, -0.15) is 0 Å². The van der Waals surface area contributed by atoms with Crippen molar-refractivity contribution in [1.82, 2.24) is 19.9 Å². The van der Waals surface area contributed by atoms with Crippen LogP contribution in [0.1, 0.15) is 77.2 Å². The van der Waals surface area contributed by atoms with Crippen molar-refractivity contribution in [3.8, 4) is 11.1 Å². The molecule has 1 saturated carbocycles. The number of aromatic nitrogens is 3. The molecule has 1 aliphatic heterocycles. The lowest BCUT2D eigenvalue weighted by Crippen LogP contribution is -2.39. The van der Waals surface area contributed by atoms with E-state index in [2.05, 4.69) is 44.8 Å². The monoisotopic (exact) mass is 586 g/mol. The van der Waals surface area contributed by atoms with Crippen LogP contribution in [0.3, 0.4) is 0 Å². The summed E-state index contributed by atoms with van der Waals surface area (Å²) in [5.41, 5.74) is 3.72. The first kappa shape index (κ1) is 29.6. The third-order valence-electron chi connectivity index (χ3n) is 8.19. The molecule has 2 aliphatic rings. The van der Waals surface area contributed by atoms with Gasteiger partial charge in [0.05, 0.1) is 11.3 Å². The molecule has 222 valence electrons. The van der Waals surface area contributed by atoms with Crippen molar-refractivity contribution in [3.05, 3.63) is 42.2 Å². The minimum absolute atomic E-state index is 0.0894. The molecule has 11 heteroatoms. The molecule has 41 heavy (non-hydrogen) atoms. The molecule has 0 radical (unpaired) electrons. The van der Waals surface area contributed by atoms with Gasteiger partial charge in [-0.25, -0.2) is 32.2 Å². The highest BCUT2D eigenvalue weighted by molar-refractivity contribution is 7.92. The van der Waals surface area contributed by atoms with E-state index in [1.807, 2.05) is 12.3 Å². The van der Waals surface area contributed by atoms with Gasteiger partial charge in [-0.05, 0) is 99.8 Å². The summed E-state index contributed by atoms with van der Waals surface area (Å²) >= 11 is 0. The Balaban J connectivity index is 1.29. The fourth-order valence-electron chi connectivity index (χ4n) is 5.87. The van der Waals surface area contributed by atoms with E-state index in [9.17, 15) is 17.2 Å². The van der Waals surface area contributed by atoms with Crippen LogP contribution in [-0.4, -0.2) is 65.1 Å². The maximum atomic E-state index is 13.1. The van der Waals surface area contributed by atoms with E-state index in [0.717, 1.165) is 46.5 Å². The van der Waals surface area contributed by atoms with Gasteiger partial charge in [0, 0.05) is 41.8 Å². The minimum Gasteiger partial charge on any atom is -0.351 e. The van der Waals surface area contributed by atoms with E-state index in [0.29, 0.717) is 18.9 Å². The molecule has 0 bridgehead atoms. The Morgan fingerprint density at radius 1 is 1.02 bits per heavy atom. The number of hydrogen-bond donors (Lipinski definition) is 2. The number of halogens is 2. The Kier molecular flexibility index (Phi) is 8.75. The van der Waals surface area contributed by atoms with Crippen molar-refractivity contribution in [3.63, 3.8) is 0 Å². The quantitative estimate of drug-likeness (QED) is 0.283. The predicted molar refractivity (Wildman–Crippen MR) is 160 cm³/mol. The van der Waals surface area contributed by atoms with Crippen molar-refractivity contribution >= 4 is 32.7 Å². The number of rotatable bonds is 10. The van der Waals surface area contributed by atoms with Crippen molar-refractivity contribution in [2.24, 2.45) is 0 Å². The van der Waals surface area contributed by atoms with E-state index < -0.39 is 28.1 Å². The van der Waals surface area contributed by atoms with Gasteiger partial charge in [0.1, 0.15) is 5.82 Å². The maximum Gasteiger partial charge on any atom is 0.246 e. The van der Waals surface area contributed by atoms with Gasteiger partial charge < -0.3 is 10.2 Å². The van der Waals surface area contributed by atoms with E-state index >= 15 is 0 Å². The van der Waals surface area contributed by atoms with Crippen LogP contribution in [0.25, 0.3) is 22.0 Å². The molecule has 1 saturated heterocycles. The summed E-state index contributed by atoms with van der Waals surface area (Å²) in [7, 11) is -3.93. The number of anilines is 2. The summed E-state index contributed by atoms with van der Waals surface area (Å²) in [5, 5.41) is 4.51. The Morgan fingerprint density at radius 3 is 2.39 bits per heavy atom. The van der Waals surface area contributed by atoms with Crippen molar-refractivity contribution < 1.29 is 17.2 Å². The number of pyridine rings is 1. The molecule has 2 N–H and O–H groups in total. The molecule has 2 aromatic heterocycles. The lowest BCUT2D eigenvalue weighted by Gasteiger charge is -2.34. The molecule has 0 spiro atoms. The molecule has 3 aromatic rings. The van der Waals surface area contributed by atoms with Crippen LogP contribution in [0, 0.1) is 0 Å². The van der Waals surface area contributed by atoms with Gasteiger partial charge in [-0.3, -0.25) is 4.72 Å². The van der Waals surface area contributed by atoms with Crippen LogP contribution in [0.2, 0.25) is 0 Å². The number of nitrogens with zero attached hydrogens (tertiary/aromatic N) is 4. The first-order valence-corrected chi connectivity index (χ1v) is 16.3. The lowest BCUT2D eigenvalue weighted by molar-refractivity contribution is 0.0189. The second-order valence-corrected chi connectivity index (χ2v) is 13.8. The van der Waals surface area contributed by atoms with Crippen molar-refractivity contribution in [1.29, 1.82) is 0 Å². The molecule has 0 atom stereocenters. The van der Waals surface area contributed by atoms with E-state index in [1.54, 1.807) is 12.3 Å². The summed E-state index contributed by atoms with van der Waals surface area (Å²) in [6, 6.07) is 8.51. The standard InChI is InChI=1S/C30H40F2N6O2S/c1-20(2)26-17-22(21-6-11-27(33-18-21)37-41(39,40)15-12-30(3,31)32)16-23-19-34-29(36-28(23)26)35-24-7-9-25(10-8-24)38-13-4-5-14-38/h6,11,16-20,24-25H,4-5,7-10,12-15H2,1-3H3,(H,33,37)(H,34,35,36). The summed E-state index contributed by atoms with van der Waals surface area (Å²) < 4.78 is 52.9. The fraction of sp³-hybridized carbons (Fsp3) is 0.567. The normalized spacial score (nSPS) is 20.5. The largest absolute Gasteiger partial charge is 0.351 e. The first-order valence-electron chi connectivity index (χ1n) is 14.6. The molecule has 0 amide bonds. The number of nitrogens with one attached hydrogen (secondary N) is 2. The van der Waals surface area contributed by atoms with Crippen LogP contribution < -0.4 is 10.0 Å². The number of hydrogen-bond acceptors (Lipinski definition) is 7. The zero-order chi connectivity index (χ0) is 29.2. The Labute approximate surface area is 241 Å². The number of likely N-dealkylation sites (tertiary alicyclic amines) is 1.